The van der Waals surface area contributed by atoms with Crippen LogP contribution in [0, 0.1) is 0 Å². The molecule has 0 amide bonds. The van der Waals surface area contributed by atoms with Gasteiger partial charge in [-0.05, 0) is 31.7 Å². The molecule has 0 aromatic heterocycles. The van der Waals surface area contributed by atoms with Gasteiger partial charge in [0, 0.05) is 6.04 Å². The Morgan fingerprint density at radius 3 is 2.47 bits per heavy atom. The number of aliphatic carboxylic acids is 1. The summed E-state index contributed by atoms with van der Waals surface area (Å²) in [5, 5.41) is 38.9. The summed E-state index contributed by atoms with van der Waals surface area (Å²) in [7, 11) is 0. The van der Waals surface area contributed by atoms with Gasteiger partial charge in [-0.2, -0.15) is 0 Å². The number of aliphatic hydroxyl groups is 3. The SMILES string of the molecule is CC1(C(N)CCC[C@](N)(C(=O)O)C(=O)OCc2ccccc2)O[C@H](CO)[C@@H](O)[C@@H]1O. The highest BCUT2D eigenvalue weighted by Crippen LogP contribution is 2.35. The third kappa shape index (κ3) is 4.97. The van der Waals surface area contributed by atoms with E-state index in [1.807, 2.05) is 0 Å². The van der Waals surface area contributed by atoms with Gasteiger partial charge in [-0.3, -0.25) is 0 Å². The lowest BCUT2D eigenvalue weighted by Crippen LogP contribution is -2.56. The van der Waals surface area contributed by atoms with E-state index in [0.29, 0.717) is 5.56 Å². The van der Waals surface area contributed by atoms with Crippen LogP contribution in [0.3, 0.4) is 0 Å². The van der Waals surface area contributed by atoms with Crippen LogP contribution in [-0.4, -0.2) is 74.5 Å². The number of hydrogen-bond donors (Lipinski definition) is 6. The van der Waals surface area contributed by atoms with Crippen LogP contribution in [0.1, 0.15) is 31.7 Å². The number of nitrogens with two attached hydrogens (primary N) is 2. The van der Waals surface area contributed by atoms with Crippen LogP contribution in [0.25, 0.3) is 0 Å². The number of benzene rings is 1. The zero-order chi connectivity index (χ0) is 22.5. The van der Waals surface area contributed by atoms with Gasteiger partial charge in [0.1, 0.15) is 30.5 Å². The molecule has 1 fully saturated rings. The lowest BCUT2D eigenvalue weighted by Gasteiger charge is -2.34. The maximum absolute atomic E-state index is 12.4. The van der Waals surface area contributed by atoms with E-state index < -0.39 is 54.0 Å². The molecule has 10 nitrogen and oxygen atoms in total. The second-order valence-electron chi connectivity index (χ2n) is 7.80. The second-order valence-corrected chi connectivity index (χ2v) is 7.80. The van der Waals surface area contributed by atoms with Crippen molar-refractivity contribution in [3.63, 3.8) is 0 Å². The number of aliphatic hydroxyl groups excluding tert-OH is 3. The molecule has 1 aromatic carbocycles. The van der Waals surface area contributed by atoms with Crippen LogP contribution in [0.2, 0.25) is 0 Å². The topological polar surface area (TPSA) is 186 Å². The fourth-order valence-corrected chi connectivity index (χ4v) is 3.50. The fraction of sp³-hybridized carbons (Fsp3) is 0.600. The smallest absolute Gasteiger partial charge is 0.338 e. The van der Waals surface area contributed by atoms with Crippen LogP contribution >= 0.6 is 0 Å². The Hall–Kier alpha value is -2.08. The van der Waals surface area contributed by atoms with Crippen molar-refractivity contribution in [3.05, 3.63) is 35.9 Å². The molecule has 2 unspecified atom stereocenters. The highest BCUT2D eigenvalue weighted by Gasteiger charge is 2.54. The molecular weight excluding hydrogens is 396 g/mol. The van der Waals surface area contributed by atoms with Crippen molar-refractivity contribution < 1.29 is 39.5 Å². The molecule has 8 N–H and O–H groups in total. The first-order valence-corrected chi connectivity index (χ1v) is 9.70. The summed E-state index contributed by atoms with van der Waals surface area (Å²) in [6.45, 7) is 0.908. The van der Waals surface area contributed by atoms with Gasteiger partial charge in [0.15, 0.2) is 0 Å². The van der Waals surface area contributed by atoms with Crippen LogP contribution in [0.15, 0.2) is 30.3 Å². The number of hydrogen-bond acceptors (Lipinski definition) is 9. The van der Waals surface area contributed by atoms with E-state index in [2.05, 4.69) is 0 Å². The van der Waals surface area contributed by atoms with Crippen molar-refractivity contribution >= 4 is 11.9 Å². The molecule has 0 saturated carbocycles. The van der Waals surface area contributed by atoms with E-state index in [1.165, 1.54) is 6.92 Å². The van der Waals surface area contributed by atoms with Crippen LogP contribution in [0.5, 0.6) is 0 Å². The van der Waals surface area contributed by atoms with E-state index in [4.69, 9.17) is 20.9 Å². The van der Waals surface area contributed by atoms with Crippen molar-refractivity contribution in [1.29, 1.82) is 0 Å². The number of ether oxygens (including phenoxy) is 2. The van der Waals surface area contributed by atoms with Gasteiger partial charge < -0.3 is 41.4 Å². The van der Waals surface area contributed by atoms with Crippen molar-refractivity contribution in [2.75, 3.05) is 6.61 Å². The van der Waals surface area contributed by atoms with E-state index in [-0.39, 0.29) is 25.9 Å². The molecule has 0 radical (unpaired) electrons. The Bertz CT molecular complexity index is 733. The monoisotopic (exact) mass is 426 g/mol. The standard InChI is InChI=1S/C20H30N2O8/c1-19(16(25)15(24)13(10-23)30-19)14(21)8-5-9-20(22,17(26)27)18(28)29-11-12-6-3-2-4-7-12/h2-4,6-7,13-16,23-25H,5,8-11,21-22H2,1H3,(H,26,27)/t13-,14?,15-,16+,19?,20+/m1/s1. The van der Waals surface area contributed by atoms with Crippen LogP contribution < -0.4 is 11.5 Å². The summed E-state index contributed by atoms with van der Waals surface area (Å²) in [4.78, 5) is 24.0. The molecular formula is C20H30N2O8. The quantitative estimate of drug-likeness (QED) is 0.198. The van der Waals surface area contributed by atoms with E-state index in [9.17, 15) is 30.0 Å². The molecule has 2 rings (SSSR count). The number of carboxylic acid groups (broad SMARTS) is 1. The number of carbonyl (C=O) groups is 2. The van der Waals surface area contributed by atoms with E-state index in [1.54, 1.807) is 30.3 Å². The maximum atomic E-state index is 12.4. The minimum Gasteiger partial charge on any atom is -0.479 e. The first-order valence-electron chi connectivity index (χ1n) is 9.70. The molecule has 30 heavy (non-hydrogen) atoms. The predicted molar refractivity (Wildman–Crippen MR) is 105 cm³/mol. The molecule has 0 aliphatic carbocycles. The lowest BCUT2D eigenvalue weighted by molar-refractivity contribution is -0.162. The molecule has 168 valence electrons. The number of carbonyl (C=O) groups excluding carboxylic acids is 1. The maximum Gasteiger partial charge on any atom is 0.338 e. The molecule has 1 aliphatic rings. The number of carboxylic acids is 1. The summed E-state index contributed by atoms with van der Waals surface area (Å²) in [6, 6.07) is 7.97. The summed E-state index contributed by atoms with van der Waals surface area (Å²) in [5.74, 6) is -2.58. The van der Waals surface area contributed by atoms with E-state index >= 15 is 0 Å². The van der Waals surface area contributed by atoms with Gasteiger partial charge in [-0.1, -0.05) is 30.3 Å². The largest absolute Gasteiger partial charge is 0.479 e. The third-order valence-electron chi connectivity index (χ3n) is 5.66. The molecule has 6 atom stereocenters. The highest BCUT2D eigenvalue weighted by atomic mass is 16.6. The number of esters is 1. The summed E-state index contributed by atoms with van der Waals surface area (Å²) in [5.41, 5.74) is 9.06. The van der Waals surface area contributed by atoms with Crippen LogP contribution in [0.4, 0.5) is 0 Å². The Balaban J connectivity index is 1.95. The Kier molecular flexibility index (Phi) is 7.92. The van der Waals surface area contributed by atoms with Gasteiger partial charge in [-0.15, -0.1) is 0 Å². The molecule has 0 spiro atoms. The Labute approximate surface area is 174 Å². The molecule has 1 saturated heterocycles. The molecule has 1 aliphatic heterocycles. The van der Waals surface area contributed by atoms with Gasteiger partial charge in [0.05, 0.1) is 6.61 Å². The van der Waals surface area contributed by atoms with Crippen molar-refractivity contribution in [2.45, 2.75) is 68.3 Å². The number of rotatable bonds is 10. The fourth-order valence-electron chi connectivity index (χ4n) is 3.50. The van der Waals surface area contributed by atoms with Crippen molar-refractivity contribution in [1.82, 2.24) is 0 Å². The zero-order valence-electron chi connectivity index (χ0n) is 16.8. The van der Waals surface area contributed by atoms with Gasteiger partial charge in [-0.25, -0.2) is 9.59 Å². The second kappa shape index (κ2) is 9.82. The predicted octanol–water partition coefficient (Wildman–Crippen LogP) is -1.12. The van der Waals surface area contributed by atoms with Gasteiger partial charge in [0.2, 0.25) is 5.54 Å². The van der Waals surface area contributed by atoms with Crippen LogP contribution in [-0.2, 0) is 25.7 Å². The molecule has 1 aromatic rings. The minimum absolute atomic E-state index is 0.107. The molecule has 1 heterocycles. The lowest BCUT2D eigenvalue weighted by atomic mass is 9.84. The molecule has 10 heteroatoms. The third-order valence-corrected chi connectivity index (χ3v) is 5.66. The summed E-state index contributed by atoms with van der Waals surface area (Å²) in [6.07, 6.45) is -3.58. The zero-order valence-corrected chi connectivity index (χ0v) is 16.8. The molecule has 0 bridgehead atoms. The van der Waals surface area contributed by atoms with Gasteiger partial charge >= 0.3 is 11.9 Å². The highest BCUT2D eigenvalue weighted by molar-refractivity contribution is 6.03. The Morgan fingerprint density at radius 2 is 1.93 bits per heavy atom. The van der Waals surface area contributed by atoms with Crippen molar-refractivity contribution in [2.24, 2.45) is 11.5 Å². The normalized spacial score (nSPS) is 29.2. The van der Waals surface area contributed by atoms with Crippen molar-refractivity contribution in [3.8, 4) is 0 Å². The van der Waals surface area contributed by atoms with E-state index in [0.717, 1.165) is 0 Å². The Morgan fingerprint density at radius 1 is 1.30 bits per heavy atom. The minimum atomic E-state index is -2.25. The summed E-state index contributed by atoms with van der Waals surface area (Å²) < 4.78 is 10.6. The average molecular weight is 426 g/mol. The van der Waals surface area contributed by atoms with Gasteiger partial charge in [0.25, 0.3) is 0 Å². The average Bonchev–Trinajstić information content (AvgIpc) is 2.96. The first-order chi connectivity index (χ1) is 14.1. The first kappa shape index (κ1) is 24.2. The summed E-state index contributed by atoms with van der Waals surface area (Å²) >= 11 is 0.